The monoisotopic (exact) mass is 260 g/mol. The predicted octanol–water partition coefficient (Wildman–Crippen LogP) is 2.16. The highest BCUT2D eigenvalue weighted by atomic mass is 16.5. The second kappa shape index (κ2) is 6.33. The number of aryl methyl sites for hydroxylation is 1. The third-order valence-electron chi connectivity index (χ3n) is 3.10. The van der Waals surface area contributed by atoms with E-state index < -0.39 is 0 Å². The minimum atomic E-state index is 0.263. The van der Waals surface area contributed by atoms with E-state index in [0.717, 1.165) is 18.7 Å². The number of hydrogen-bond donors (Lipinski definition) is 1. The number of pyridine rings is 1. The SMILES string of the molecule is CCn1cc(C(C)NCc2ccnc(OC)c2)cn1. The maximum atomic E-state index is 5.11. The number of aromatic nitrogens is 3. The average molecular weight is 260 g/mol. The Kier molecular flexibility index (Phi) is 4.52. The Morgan fingerprint density at radius 2 is 2.32 bits per heavy atom. The van der Waals surface area contributed by atoms with Gasteiger partial charge in [0.05, 0.1) is 13.3 Å². The summed E-state index contributed by atoms with van der Waals surface area (Å²) >= 11 is 0. The fraction of sp³-hybridized carbons (Fsp3) is 0.429. The van der Waals surface area contributed by atoms with Crippen LogP contribution >= 0.6 is 0 Å². The van der Waals surface area contributed by atoms with Crippen molar-refractivity contribution in [3.8, 4) is 5.88 Å². The highest BCUT2D eigenvalue weighted by Crippen LogP contribution is 2.13. The van der Waals surface area contributed by atoms with Crippen LogP contribution in [0.3, 0.4) is 0 Å². The zero-order chi connectivity index (χ0) is 13.7. The molecule has 1 N–H and O–H groups in total. The second-order valence-electron chi connectivity index (χ2n) is 4.44. The Hall–Kier alpha value is -1.88. The number of rotatable bonds is 6. The summed E-state index contributed by atoms with van der Waals surface area (Å²) in [5, 5.41) is 7.75. The molecular formula is C14H20N4O. The first-order chi connectivity index (χ1) is 9.22. The first-order valence-corrected chi connectivity index (χ1v) is 6.47. The number of hydrogen-bond acceptors (Lipinski definition) is 4. The minimum Gasteiger partial charge on any atom is -0.481 e. The van der Waals surface area contributed by atoms with Gasteiger partial charge >= 0.3 is 0 Å². The van der Waals surface area contributed by atoms with Gasteiger partial charge in [-0.05, 0) is 25.5 Å². The van der Waals surface area contributed by atoms with Crippen LogP contribution in [-0.4, -0.2) is 21.9 Å². The van der Waals surface area contributed by atoms with Crippen molar-refractivity contribution in [2.45, 2.75) is 33.0 Å². The first-order valence-electron chi connectivity index (χ1n) is 6.47. The quantitative estimate of drug-likeness (QED) is 0.864. The van der Waals surface area contributed by atoms with Gasteiger partial charge in [-0.1, -0.05) is 0 Å². The Labute approximate surface area is 113 Å². The maximum absolute atomic E-state index is 5.11. The zero-order valence-electron chi connectivity index (χ0n) is 11.6. The number of nitrogens with one attached hydrogen (secondary N) is 1. The normalized spacial score (nSPS) is 12.4. The van der Waals surface area contributed by atoms with Crippen molar-refractivity contribution in [2.75, 3.05) is 7.11 Å². The molecule has 0 amide bonds. The molecule has 19 heavy (non-hydrogen) atoms. The second-order valence-corrected chi connectivity index (χ2v) is 4.44. The van der Waals surface area contributed by atoms with Crippen molar-refractivity contribution >= 4 is 0 Å². The van der Waals surface area contributed by atoms with Crippen LogP contribution in [0.4, 0.5) is 0 Å². The van der Waals surface area contributed by atoms with Gasteiger partial charge in [0.15, 0.2) is 0 Å². The van der Waals surface area contributed by atoms with Gasteiger partial charge in [-0.15, -0.1) is 0 Å². The molecule has 5 heteroatoms. The molecule has 0 aliphatic rings. The van der Waals surface area contributed by atoms with E-state index in [1.54, 1.807) is 13.3 Å². The van der Waals surface area contributed by atoms with Crippen molar-refractivity contribution in [3.05, 3.63) is 41.9 Å². The predicted molar refractivity (Wildman–Crippen MR) is 73.9 cm³/mol. The molecule has 0 aliphatic carbocycles. The molecular weight excluding hydrogens is 240 g/mol. The third-order valence-corrected chi connectivity index (χ3v) is 3.10. The molecule has 0 saturated heterocycles. The van der Waals surface area contributed by atoms with Crippen LogP contribution in [0.1, 0.15) is 31.0 Å². The fourth-order valence-electron chi connectivity index (χ4n) is 1.84. The van der Waals surface area contributed by atoms with Crippen molar-refractivity contribution in [1.82, 2.24) is 20.1 Å². The largest absolute Gasteiger partial charge is 0.481 e. The van der Waals surface area contributed by atoms with E-state index >= 15 is 0 Å². The van der Waals surface area contributed by atoms with E-state index in [9.17, 15) is 0 Å². The van der Waals surface area contributed by atoms with Gasteiger partial charge < -0.3 is 10.1 Å². The highest BCUT2D eigenvalue weighted by Gasteiger charge is 2.07. The highest BCUT2D eigenvalue weighted by molar-refractivity contribution is 5.20. The van der Waals surface area contributed by atoms with Crippen molar-refractivity contribution in [3.63, 3.8) is 0 Å². The molecule has 0 radical (unpaired) electrons. The molecule has 0 bridgehead atoms. The molecule has 1 atom stereocenters. The van der Waals surface area contributed by atoms with E-state index in [-0.39, 0.29) is 6.04 Å². The smallest absolute Gasteiger partial charge is 0.213 e. The molecule has 102 valence electrons. The van der Waals surface area contributed by atoms with E-state index in [2.05, 4.69) is 35.4 Å². The average Bonchev–Trinajstić information content (AvgIpc) is 2.94. The fourth-order valence-corrected chi connectivity index (χ4v) is 1.84. The van der Waals surface area contributed by atoms with Crippen molar-refractivity contribution in [2.24, 2.45) is 0 Å². The van der Waals surface area contributed by atoms with E-state index in [1.807, 2.05) is 23.0 Å². The topological polar surface area (TPSA) is 52.0 Å². The van der Waals surface area contributed by atoms with Crippen LogP contribution in [-0.2, 0) is 13.1 Å². The van der Waals surface area contributed by atoms with E-state index in [4.69, 9.17) is 4.74 Å². The molecule has 5 nitrogen and oxygen atoms in total. The first kappa shape index (κ1) is 13.5. The van der Waals surface area contributed by atoms with Crippen LogP contribution in [0.2, 0.25) is 0 Å². The van der Waals surface area contributed by atoms with Crippen LogP contribution in [0.5, 0.6) is 5.88 Å². The molecule has 0 aromatic carbocycles. The Morgan fingerprint density at radius 1 is 1.47 bits per heavy atom. The molecule has 2 rings (SSSR count). The van der Waals surface area contributed by atoms with Gasteiger partial charge in [0, 0.05) is 43.2 Å². The standard InChI is InChI=1S/C14H20N4O/c1-4-18-10-13(9-17-18)11(2)16-8-12-5-6-15-14(7-12)19-3/h5-7,9-11,16H,4,8H2,1-3H3. The maximum Gasteiger partial charge on any atom is 0.213 e. The lowest BCUT2D eigenvalue weighted by atomic mass is 10.2. The Bertz CT molecular complexity index is 524. The van der Waals surface area contributed by atoms with Crippen LogP contribution in [0.25, 0.3) is 0 Å². The Morgan fingerprint density at radius 3 is 3.00 bits per heavy atom. The molecule has 2 aromatic rings. The van der Waals surface area contributed by atoms with Gasteiger partial charge in [-0.25, -0.2) is 4.98 Å². The van der Waals surface area contributed by atoms with Crippen LogP contribution in [0.15, 0.2) is 30.7 Å². The molecule has 2 heterocycles. The summed E-state index contributed by atoms with van der Waals surface area (Å²) in [7, 11) is 1.63. The lowest BCUT2D eigenvalue weighted by Crippen LogP contribution is -2.17. The summed E-state index contributed by atoms with van der Waals surface area (Å²) < 4.78 is 7.05. The summed E-state index contributed by atoms with van der Waals surface area (Å²) in [6.07, 6.45) is 5.74. The van der Waals surface area contributed by atoms with Gasteiger partial charge in [-0.3, -0.25) is 4.68 Å². The molecule has 0 spiro atoms. The van der Waals surface area contributed by atoms with Crippen molar-refractivity contribution < 1.29 is 4.74 Å². The molecule has 0 fully saturated rings. The van der Waals surface area contributed by atoms with Gasteiger partial charge in [-0.2, -0.15) is 5.10 Å². The Balaban J connectivity index is 1.93. The van der Waals surface area contributed by atoms with E-state index in [1.165, 1.54) is 5.56 Å². The van der Waals surface area contributed by atoms with Crippen molar-refractivity contribution in [1.29, 1.82) is 0 Å². The molecule has 0 saturated carbocycles. The minimum absolute atomic E-state index is 0.263. The lowest BCUT2D eigenvalue weighted by molar-refractivity contribution is 0.397. The van der Waals surface area contributed by atoms with E-state index in [0.29, 0.717) is 5.88 Å². The molecule has 0 aliphatic heterocycles. The lowest BCUT2D eigenvalue weighted by Gasteiger charge is -2.12. The summed E-state index contributed by atoms with van der Waals surface area (Å²) in [5.74, 6) is 0.644. The number of methoxy groups -OCH3 is 1. The number of nitrogens with zero attached hydrogens (tertiary/aromatic N) is 3. The molecule has 1 unspecified atom stereocenters. The summed E-state index contributed by atoms with van der Waals surface area (Å²) in [5.41, 5.74) is 2.35. The van der Waals surface area contributed by atoms with Crippen LogP contribution in [0, 0.1) is 0 Å². The van der Waals surface area contributed by atoms with Gasteiger partial charge in [0.1, 0.15) is 0 Å². The summed E-state index contributed by atoms with van der Waals surface area (Å²) in [4.78, 5) is 4.09. The van der Waals surface area contributed by atoms with Gasteiger partial charge in [0.25, 0.3) is 0 Å². The molecule has 2 aromatic heterocycles. The van der Waals surface area contributed by atoms with Crippen LogP contribution < -0.4 is 10.1 Å². The summed E-state index contributed by atoms with van der Waals surface area (Å²) in [6, 6.07) is 4.19. The summed E-state index contributed by atoms with van der Waals surface area (Å²) in [6.45, 7) is 5.89. The number of ether oxygens (including phenoxy) is 1. The zero-order valence-corrected chi connectivity index (χ0v) is 11.6. The van der Waals surface area contributed by atoms with Gasteiger partial charge in [0.2, 0.25) is 5.88 Å². The third kappa shape index (κ3) is 3.54.